The predicted octanol–water partition coefficient (Wildman–Crippen LogP) is 1.91. The van der Waals surface area contributed by atoms with E-state index in [2.05, 4.69) is 31.2 Å². The Balaban J connectivity index is 2.23. The van der Waals surface area contributed by atoms with Crippen molar-refractivity contribution >= 4 is 5.52 Å². The number of nitrogens with one attached hydrogen (secondary N) is 1. The summed E-state index contributed by atoms with van der Waals surface area (Å²) in [4.78, 5) is 12.4. The largest absolute Gasteiger partial charge is 0.312 e. The molecule has 0 fully saturated rings. The Labute approximate surface area is 119 Å². The van der Waals surface area contributed by atoms with Gasteiger partial charge in [-0.3, -0.25) is 4.79 Å². The molecule has 0 bridgehead atoms. The highest BCUT2D eigenvalue weighted by atomic mass is 16.1. The fourth-order valence-electron chi connectivity index (χ4n) is 2.38. The Bertz CT molecular complexity index is 601. The molecule has 0 aliphatic carbocycles. The fraction of sp³-hybridized carbons (Fsp3) is 0.600. The Morgan fingerprint density at radius 2 is 2.15 bits per heavy atom. The lowest BCUT2D eigenvalue weighted by Gasteiger charge is -2.25. The van der Waals surface area contributed by atoms with Crippen molar-refractivity contribution in [3.63, 3.8) is 0 Å². The molecule has 2 rings (SSSR count). The van der Waals surface area contributed by atoms with Crippen LogP contribution in [0.2, 0.25) is 0 Å². The lowest BCUT2D eigenvalue weighted by molar-refractivity contribution is 0.327. The van der Waals surface area contributed by atoms with Gasteiger partial charge in [0.25, 0.3) is 5.56 Å². The summed E-state index contributed by atoms with van der Waals surface area (Å²) in [7, 11) is 0. The lowest BCUT2D eigenvalue weighted by Crippen LogP contribution is -2.41. The van der Waals surface area contributed by atoms with Crippen LogP contribution in [0, 0.1) is 5.92 Å². The summed E-state index contributed by atoms with van der Waals surface area (Å²) in [6, 6.07) is 2.08. The number of hydrogen-bond acceptors (Lipinski definition) is 3. The van der Waals surface area contributed by atoms with Gasteiger partial charge >= 0.3 is 0 Å². The van der Waals surface area contributed by atoms with E-state index in [1.165, 1.54) is 0 Å². The van der Waals surface area contributed by atoms with Crippen molar-refractivity contribution in [3.8, 4) is 0 Å². The number of rotatable bonds is 7. The minimum Gasteiger partial charge on any atom is -0.312 e. The average molecular weight is 276 g/mol. The Kier molecular flexibility index (Phi) is 4.95. The first-order valence-electron chi connectivity index (χ1n) is 7.43. The van der Waals surface area contributed by atoms with Crippen molar-refractivity contribution < 1.29 is 0 Å². The van der Waals surface area contributed by atoms with Crippen molar-refractivity contribution in [3.05, 3.63) is 35.0 Å². The van der Waals surface area contributed by atoms with Crippen LogP contribution in [0.5, 0.6) is 0 Å². The Hall–Kier alpha value is -1.62. The van der Waals surface area contributed by atoms with Gasteiger partial charge < -0.3 is 9.88 Å². The molecule has 2 atom stereocenters. The van der Waals surface area contributed by atoms with E-state index in [4.69, 9.17) is 0 Å². The van der Waals surface area contributed by atoms with E-state index in [9.17, 15) is 4.79 Å². The summed E-state index contributed by atoms with van der Waals surface area (Å²) in [5.41, 5.74) is 0.655. The maximum Gasteiger partial charge on any atom is 0.276 e. The summed E-state index contributed by atoms with van der Waals surface area (Å²) in [5, 5.41) is 7.64. The molecule has 2 heterocycles. The predicted molar refractivity (Wildman–Crippen MR) is 81.0 cm³/mol. The summed E-state index contributed by atoms with van der Waals surface area (Å²) >= 11 is 0. The molecule has 5 heteroatoms. The van der Waals surface area contributed by atoms with Crippen LogP contribution in [-0.2, 0) is 6.54 Å². The first-order valence-corrected chi connectivity index (χ1v) is 7.43. The minimum absolute atomic E-state index is 0.0246. The van der Waals surface area contributed by atoms with Gasteiger partial charge in [0, 0.05) is 25.0 Å². The van der Waals surface area contributed by atoms with Gasteiger partial charge in [-0.2, -0.15) is 5.10 Å². The topological polar surface area (TPSA) is 51.3 Å². The maximum absolute atomic E-state index is 12.4. The monoisotopic (exact) mass is 276 g/mol. The summed E-state index contributed by atoms with van der Waals surface area (Å²) < 4.78 is 3.41. The summed E-state index contributed by atoms with van der Waals surface area (Å²) in [5.74, 6) is 0.537. The molecule has 0 aliphatic rings. The van der Waals surface area contributed by atoms with E-state index >= 15 is 0 Å². The number of fused-ring (bicyclic) bond motifs is 1. The van der Waals surface area contributed by atoms with Gasteiger partial charge in [-0.25, -0.2) is 4.52 Å². The van der Waals surface area contributed by atoms with Crippen LogP contribution < -0.4 is 10.9 Å². The summed E-state index contributed by atoms with van der Waals surface area (Å²) in [6.45, 7) is 8.27. The molecule has 20 heavy (non-hydrogen) atoms. The Morgan fingerprint density at radius 3 is 2.85 bits per heavy atom. The van der Waals surface area contributed by atoms with E-state index in [0.29, 0.717) is 24.0 Å². The third-order valence-electron chi connectivity index (χ3n) is 3.92. The third kappa shape index (κ3) is 3.10. The van der Waals surface area contributed by atoms with Crippen LogP contribution in [-0.4, -0.2) is 26.8 Å². The van der Waals surface area contributed by atoms with Gasteiger partial charge in [0.15, 0.2) is 0 Å². The van der Waals surface area contributed by atoms with E-state index < -0.39 is 0 Å². The molecule has 0 saturated carbocycles. The highest BCUT2D eigenvalue weighted by Crippen LogP contribution is 2.09. The van der Waals surface area contributed by atoms with Crippen molar-refractivity contribution in [2.24, 2.45) is 5.92 Å². The smallest absolute Gasteiger partial charge is 0.276 e. The first-order chi connectivity index (χ1) is 9.67. The molecule has 2 unspecified atom stereocenters. The molecule has 0 radical (unpaired) electrons. The zero-order valence-corrected chi connectivity index (χ0v) is 12.5. The molecular weight excluding hydrogens is 252 g/mol. The van der Waals surface area contributed by atoms with Crippen LogP contribution in [0.1, 0.15) is 33.6 Å². The number of nitrogens with zero attached hydrogens (tertiary/aromatic N) is 3. The van der Waals surface area contributed by atoms with E-state index in [0.717, 1.165) is 19.4 Å². The molecule has 0 amide bonds. The number of aromatic nitrogens is 3. The van der Waals surface area contributed by atoms with Crippen molar-refractivity contribution in [1.82, 2.24) is 19.5 Å². The van der Waals surface area contributed by atoms with Crippen LogP contribution in [0.3, 0.4) is 0 Å². The average Bonchev–Trinajstić information content (AvgIpc) is 2.94. The number of hydrogen-bond donors (Lipinski definition) is 1. The second kappa shape index (κ2) is 6.70. The zero-order chi connectivity index (χ0) is 14.5. The SMILES string of the molecule is CCCNC(Cn1ccn2nccc2c1=O)C(C)CC. The zero-order valence-electron chi connectivity index (χ0n) is 12.5. The fourth-order valence-corrected chi connectivity index (χ4v) is 2.38. The van der Waals surface area contributed by atoms with E-state index in [1.54, 1.807) is 21.3 Å². The van der Waals surface area contributed by atoms with E-state index in [1.807, 2.05) is 12.4 Å². The molecule has 0 aromatic carbocycles. The summed E-state index contributed by atoms with van der Waals surface area (Å²) in [6.07, 6.45) is 7.52. The molecule has 2 aromatic heterocycles. The molecule has 0 saturated heterocycles. The second-order valence-corrected chi connectivity index (χ2v) is 5.36. The first kappa shape index (κ1) is 14.8. The van der Waals surface area contributed by atoms with Gasteiger partial charge in [-0.15, -0.1) is 0 Å². The second-order valence-electron chi connectivity index (χ2n) is 5.36. The Morgan fingerprint density at radius 1 is 1.35 bits per heavy atom. The molecule has 2 aromatic rings. The third-order valence-corrected chi connectivity index (χ3v) is 3.92. The van der Waals surface area contributed by atoms with Crippen molar-refractivity contribution in [2.45, 2.75) is 46.2 Å². The van der Waals surface area contributed by atoms with Crippen LogP contribution >= 0.6 is 0 Å². The van der Waals surface area contributed by atoms with Gasteiger partial charge in [0.1, 0.15) is 5.52 Å². The van der Waals surface area contributed by atoms with Crippen LogP contribution in [0.15, 0.2) is 29.5 Å². The molecule has 1 N–H and O–H groups in total. The lowest BCUT2D eigenvalue weighted by atomic mass is 9.99. The minimum atomic E-state index is 0.0246. The molecule has 0 spiro atoms. The molecule has 110 valence electrons. The van der Waals surface area contributed by atoms with Gasteiger partial charge in [0.2, 0.25) is 0 Å². The normalized spacial score (nSPS) is 14.6. The highest BCUT2D eigenvalue weighted by Gasteiger charge is 2.16. The molecule has 5 nitrogen and oxygen atoms in total. The van der Waals surface area contributed by atoms with E-state index in [-0.39, 0.29) is 5.56 Å². The van der Waals surface area contributed by atoms with Crippen molar-refractivity contribution in [2.75, 3.05) is 6.54 Å². The molecule has 0 aliphatic heterocycles. The van der Waals surface area contributed by atoms with Crippen LogP contribution in [0.25, 0.3) is 5.52 Å². The quantitative estimate of drug-likeness (QED) is 0.840. The van der Waals surface area contributed by atoms with Gasteiger partial charge in [-0.1, -0.05) is 27.2 Å². The van der Waals surface area contributed by atoms with Gasteiger partial charge in [-0.05, 0) is 24.9 Å². The standard InChI is InChI=1S/C15H24N4O/c1-4-7-16-13(12(3)5-2)11-18-9-10-19-14(15(18)20)6-8-17-19/h6,8-10,12-13,16H,4-5,7,11H2,1-3H3. The van der Waals surface area contributed by atoms with Crippen LogP contribution in [0.4, 0.5) is 0 Å². The highest BCUT2D eigenvalue weighted by molar-refractivity contribution is 5.42. The van der Waals surface area contributed by atoms with Crippen molar-refractivity contribution in [1.29, 1.82) is 0 Å². The molecular formula is C15H24N4O. The maximum atomic E-state index is 12.4. The van der Waals surface area contributed by atoms with Gasteiger partial charge in [0.05, 0.1) is 6.20 Å².